The third-order valence-electron chi connectivity index (χ3n) is 5.78. The van der Waals surface area contributed by atoms with Crippen molar-refractivity contribution in [3.63, 3.8) is 0 Å². The lowest BCUT2D eigenvalue weighted by atomic mass is 9.66. The average molecular weight is 364 g/mol. The van der Waals surface area contributed by atoms with Gasteiger partial charge < -0.3 is 9.53 Å². The molecular weight excluding hydrogens is 336 g/mol. The molecule has 0 bridgehead atoms. The predicted octanol–water partition coefficient (Wildman–Crippen LogP) is 5.44. The van der Waals surface area contributed by atoms with Crippen LogP contribution >= 0.6 is 0 Å². The molecule has 0 aromatic heterocycles. The van der Waals surface area contributed by atoms with Crippen molar-refractivity contribution in [3.05, 3.63) is 71.8 Å². The van der Waals surface area contributed by atoms with Gasteiger partial charge in [-0.3, -0.25) is 4.79 Å². The Morgan fingerprint density at radius 1 is 0.963 bits per heavy atom. The molecule has 1 aliphatic rings. The van der Waals surface area contributed by atoms with Gasteiger partial charge in [0, 0.05) is 6.42 Å². The van der Waals surface area contributed by atoms with Crippen molar-refractivity contribution < 1.29 is 14.3 Å². The van der Waals surface area contributed by atoms with Crippen molar-refractivity contribution in [2.75, 3.05) is 0 Å². The van der Waals surface area contributed by atoms with Gasteiger partial charge in [0.05, 0.1) is 5.92 Å². The summed E-state index contributed by atoms with van der Waals surface area (Å²) in [6.07, 6.45) is 7.76. The summed E-state index contributed by atoms with van der Waals surface area (Å²) in [4.78, 5) is 24.4. The zero-order valence-corrected chi connectivity index (χ0v) is 15.8. The number of benzene rings is 2. The summed E-state index contributed by atoms with van der Waals surface area (Å²) in [5.41, 5.74) is 1.89. The molecule has 0 saturated heterocycles. The van der Waals surface area contributed by atoms with Gasteiger partial charge >= 0.3 is 5.97 Å². The van der Waals surface area contributed by atoms with Crippen molar-refractivity contribution in [2.24, 2.45) is 5.41 Å². The minimum atomic E-state index is -0.326. The van der Waals surface area contributed by atoms with Crippen molar-refractivity contribution in [2.45, 2.75) is 57.5 Å². The van der Waals surface area contributed by atoms with Gasteiger partial charge in [0.15, 0.2) is 0 Å². The molecule has 1 aliphatic carbocycles. The van der Waals surface area contributed by atoms with Gasteiger partial charge in [0.25, 0.3) is 0 Å². The third-order valence-corrected chi connectivity index (χ3v) is 5.78. The fourth-order valence-corrected chi connectivity index (χ4v) is 4.26. The molecule has 1 unspecified atom stereocenters. The summed E-state index contributed by atoms with van der Waals surface area (Å²) < 4.78 is 5.68. The van der Waals surface area contributed by atoms with Crippen LogP contribution in [0.5, 0.6) is 0 Å². The Morgan fingerprint density at radius 3 is 2.22 bits per heavy atom. The predicted molar refractivity (Wildman–Crippen MR) is 106 cm³/mol. The van der Waals surface area contributed by atoms with E-state index in [2.05, 4.69) is 0 Å². The summed E-state index contributed by atoms with van der Waals surface area (Å²) in [6.45, 7) is 0.281. The molecule has 3 nitrogen and oxygen atoms in total. The number of esters is 1. The van der Waals surface area contributed by atoms with Gasteiger partial charge in [-0.15, -0.1) is 0 Å². The van der Waals surface area contributed by atoms with Crippen LogP contribution in [0.1, 0.15) is 62.0 Å². The number of ether oxygens (including phenoxy) is 1. The fourth-order valence-electron chi connectivity index (χ4n) is 4.26. The lowest BCUT2D eigenvalue weighted by molar-refractivity contribution is -0.148. The molecule has 0 radical (unpaired) electrons. The van der Waals surface area contributed by atoms with E-state index in [9.17, 15) is 9.59 Å². The summed E-state index contributed by atoms with van der Waals surface area (Å²) in [7, 11) is 0. The molecule has 1 fully saturated rings. The van der Waals surface area contributed by atoms with E-state index in [0.29, 0.717) is 12.8 Å². The Bertz CT molecular complexity index is 718. The maximum Gasteiger partial charge on any atom is 0.313 e. The second-order valence-electron chi connectivity index (χ2n) is 7.69. The molecule has 3 rings (SSSR count). The topological polar surface area (TPSA) is 43.4 Å². The molecule has 2 aromatic carbocycles. The third kappa shape index (κ3) is 5.29. The number of hydrogen-bond acceptors (Lipinski definition) is 3. The summed E-state index contributed by atoms with van der Waals surface area (Å²) >= 11 is 0. The highest BCUT2D eigenvalue weighted by atomic mass is 16.5. The van der Waals surface area contributed by atoms with Crippen molar-refractivity contribution in [1.82, 2.24) is 0 Å². The second kappa shape index (κ2) is 9.50. The van der Waals surface area contributed by atoms with E-state index in [0.717, 1.165) is 43.1 Å². The van der Waals surface area contributed by atoms with E-state index in [1.165, 1.54) is 6.42 Å². The molecule has 0 amide bonds. The number of hydrogen-bond donors (Lipinski definition) is 0. The average Bonchev–Trinajstić information content (AvgIpc) is 2.73. The van der Waals surface area contributed by atoms with E-state index < -0.39 is 0 Å². The Labute approximate surface area is 161 Å². The molecule has 0 spiro atoms. The summed E-state index contributed by atoms with van der Waals surface area (Å²) in [5.74, 6) is -0.520. The highest BCUT2D eigenvalue weighted by Gasteiger charge is 2.37. The van der Waals surface area contributed by atoms with Crippen LogP contribution in [-0.4, -0.2) is 12.3 Å². The van der Waals surface area contributed by atoms with Crippen molar-refractivity contribution in [3.8, 4) is 0 Å². The smallest absolute Gasteiger partial charge is 0.313 e. The first-order valence-electron chi connectivity index (χ1n) is 9.92. The lowest BCUT2D eigenvalue weighted by Gasteiger charge is -2.38. The second-order valence-corrected chi connectivity index (χ2v) is 7.69. The number of carbonyl (C=O) groups is 2. The fraction of sp³-hybridized carbons (Fsp3) is 0.417. The largest absolute Gasteiger partial charge is 0.460 e. The quantitative estimate of drug-likeness (QED) is 0.462. The van der Waals surface area contributed by atoms with E-state index in [-0.39, 0.29) is 23.9 Å². The Morgan fingerprint density at radius 2 is 1.59 bits per heavy atom. The van der Waals surface area contributed by atoms with Gasteiger partial charge in [-0.1, -0.05) is 79.9 Å². The monoisotopic (exact) mass is 364 g/mol. The molecule has 1 saturated carbocycles. The Kier molecular flexibility index (Phi) is 6.80. The van der Waals surface area contributed by atoms with Crippen molar-refractivity contribution >= 4 is 12.3 Å². The highest BCUT2D eigenvalue weighted by Crippen LogP contribution is 2.46. The molecule has 2 aromatic rings. The maximum absolute atomic E-state index is 13.0. The van der Waals surface area contributed by atoms with Crippen LogP contribution in [0.25, 0.3) is 0 Å². The lowest BCUT2D eigenvalue weighted by Crippen LogP contribution is -2.30. The minimum absolute atomic E-state index is 0.0771. The highest BCUT2D eigenvalue weighted by molar-refractivity contribution is 5.78. The van der Waals surface area contributed by atoms with E-state index in [1.54, 1.807) is 0 Å². The van der Waals surface area contributed by atoms with Gasteiger partial charge in [0.2, 0.25) is 0 Å². The SMILES string of the molecule is O=CCC1(CC(C(=O)OCc2ccccc2)c2ccccc2)CCCCC1. The van der Waals surface area contributed by atoms with Crippen LogP contribution in [0.2, 0.25) is 0 Å². The van der Waals surface area contributed by atoms with Crippen LogP contribution in [0.15, 0.2) is 60.7 Å². The van der Waals surface area contributed by atoms with Crippen LogP contribution in [0.3, 0.4) is 0 Å². The molecule has 27 heavy (non-hydrogen) atoms. The number of rotatable bonds is 8. The first kappa shape index (κ1) is 19.3. The van der Waals surface area contributed by atoms with Gasteiger partial charge in [-0.25, -0.2) is 0 Å². The Hall–Kier alpha value is -2.42. The first-order valence-corrected chi connectivity index (χ1v) is 9.92. The molecule has 0 heterocycles. The van der Waals surface area contributed by atoms with Crippen LogP contribution in [0.4, 0.5) is 0 Å². The molecular formula is C24H28O3. The zero-order valence-electron chi connectivity index (χ0n) is 15.8. The number of aldehydes is 1. The standard InChI is InChI=1S/C24H28O3/c25-17-16-24(14-8-3-9-15-24)18-22(21-12-6-2-7-13-21)23(26)27-19-20-10-4-1-5-11-20/h1-2,4-7,10-13,17,22H,3,8-9,14-16,18-19H2. The molecule has 3 heteroatoms. The normalized spacial score (nSPS) is 17.0. The van der Waals surface area contributed by atoms with Gasteiger partial charge in [-0.05, 0) is 35.8 Å². The van der Waals surface area contributed by atoms with E-state index in [1.807, 2.05) is 60.7 Å². The summed E-state index contributed by atoms with van der Waals surface area (Å²) in [6, 6.07) is 19.6. The van der Waals surface area contributed by atoms with Crippen LogP contribution < -0.4 is 0 Å². The van der Waals surface area contributed by atoms with Crippen molar-refractivity contribution in [1.29, 1.82) is 0 Å². The molecule has 142 valence electrons. The maximum atomic E-state index is 13.0. The molecule has 0 aliphatic heterocycles. The van der Waals surface area contributed by atoms with Gasteiger partial charge in [-0.2, -0.15) is 0 Å². The van der Waals surface area contributed by atoms with Crippen LogP contribution in [-0.2, 0) is 20.9 Å². The van der Waals surface area contributed by atoms with E-state index >= 15 is 0 Å². The minimum Gasteiger partial charge on any atom is -0.460 e. The Balaban J connectivity index is 1.78. The molecule has 1 atom stereocenters. The first-order chi connectivity index (χ1) is 13.2. The van der Waals surface area contributed by atoms with E-state index in [4.69, 9.17) is 4.74 Å². The molecule has 0 N–H and O–H groups in total. The van der Waals surface area contributed by atoms with Crippen LogP contribution in [0, 0.1) is 5.41 Å². The number of carbonyl (C=O) groups excluding carboxylic acids is 2. The summed E-state index contributed by atoms with van der Waals surface area (Å²) in [5, 5.41) is 0. The zero-order chi connectivity index (χ0) is 19.0. The van der Waals surface area contributed by atoms with Gasteiger partial charge in [0.1, 0.15) is 12.9 Å².